The number of hydrogen-bond donors (Lipinski definition) is 1. The molecular formula is C15H26N2O3. The summed E-state index contributed by atoms with van der Waals surface area (Å²) in [5.74, 6) is -0.316. The highest BCUT2D eigenvalue weighted by Crippen LogP contribution is 2.20. The number of likely N-dealkylation sites (tertiary alicyclic amines) is 1. The zero-order chi connectivity index (χ0) is 14.4. The van der Waals surface area contributed by atoms with E-state index in [4.69, 9.17) is 4.74 Å². The summed E-state index contributed by atoms with van der Waals surface area (Å²) in [6.07, 6.45) is 7.56. The van der Waals surface area contributed by atoms with E-state index in [9.17, 15) is 9.59 Å². The number of carbonyl (C=O) groups excluding carboxylic acids is 2. The summed E-state index contributed by atoms with van der Waals surface area (Å²) in [7, 11) is 0. The molecule has 1 saturated heterocycles. The highest BCUT2D eigenvalue weighted by Gasteiger charge is 2.30. The Bertz CT molecular complexity index is 340. The lowest BCUT2D eigenvalue weighted by Gasteiger charge is -2.33. The van der Waals surface area contributed by atoms with Gasteiger partial charge in [-0.05, 0) is 32.6 Å². The smallest absolute Gasteiger partial charge is 0.317 e. The average Bonchev–Trinajstić information content (AvgIpc) is 2.48. The SMILES string of the molecule is CCOC(=O)[C@@H]1CCCN(C(=O)NC2CCCCC2)C1. The van der Waals surface area contributed by atoms with Gasteiger partial charge >= 0.3 is 12.0 Å². The van der Waals surface area contributed by atoms with Crippen LogP contribution in [0.5, 0.6) is 0 Å². The Balaban J connectivity index is 1.81. The van der Waals surface area contributed by atoms with Crippen molar-refractivity contribution in [2.45, 2.75) is 57.9 Å². The molecule has 0 bridgehead atoms. The minimum absolute atomic E-state index is 0.00843. The largest absolute Gasteiger partial charge is 0.466 e. The Labute approximate surface area is 121 Å². The van der Waals surface area contributed by atoms with Crippen LogP contribution in [-0.4, -0.2) is 42.6 Å². The van der Waals surface area contributed by atoms with Crippen LogP contribution in [0.25, 0.3) is 0 Å². The molecule has 0 spiro atoms. The highest BCUT2D eigenvalue weighted by molar-refractivity contribution is 5.77. The molecule has 1 atom stereocenters. The number of urea groups is 1. The number of carbonyl (C=O) groups is 2. The van der Waals surface area contributed by atoms with E-state index in [0.717, 1.165) is 32.2 Å². The Morgan fingerprint density at radius 2 is 1.90 bits per heavy atom. The maximum absolute atomic E-state index is 12.3. The number of esters is 1. The van der Waals surface area contributed by atoms with Gasteiger partial charge in [0.15, 0.2) is 0 Å². The molecule has 0 unspecified atom stereocenters. The second kappa shape index (κ2) is 7.50. The van der Waals surface area contributed by atoms with E-state index in [1.54, 1.807) is 4.90 Å². The van der Waals surface area contributed by atoms with Crippen LogP contribution in [0.3, 0.4) is 0 Å². The van der Waals surface area contributed by atoms with E-state index < -0.39 is 0 Å². The van der Waals surface area contributed by atoms with Gasteiger partial charge in [0.25, 0.3) is 0 Å². The number of nitrogens with one attached hydrogen (secondary N) is 1. The van der Waals surface area contributed by atoms with Crippen LogP contribution in [0.1, 0.15) is 51.9 Å². The van der Waals surface area contributed by atoms with E-state index in [1.165, 1.54) is 19.3 Å². The minimum Gasteiger partial charge on any atom is -0.466 e. The molecule has 5 nitrogen and oxygen atoms in total. The van der Waals surface area contributed by atoms with Crippen molar-refractivity contribution in [2.24, 2.45) is 5.92 Å². The van der Waals surface area contributed by atoms with Crippen LogP contribution in [0, 0.1) is 5.92 Å². The first-order valence-electron chi connectivity index (χ1n) is 7.92. The summed E-state index contributed by atoms with van der Waals surface area (Å²) in [6, 6.07) is 0.310. The topological polar surface area (TPSA) is 58.6 Å². The molecule has 1 aliphatic heterocycles. The fraction of sp³-hybridized carbons (Fsp3) is 0.867. The zero-order valence-corrected chi connectivity index (χ0v) is 12.4. The molecule has 1 heterocycles. The molecule has 0 aromatic rings. The van der Waals surface area contributed by atoms with Gasteiger partial charge in [-0.25, -0.2) is 4.79 Å². The summed E-state index contributed by atoms with van der Waals surface area (Å²) in [5, 5.41) is 3.11. The Hall–Kier alpha value is -1.26. The first kappa shape index (κ1) is 15.1. The van der Waals surface area contributed by atoms with E-state index in [2.05, 4.69) is 5.32 Å². The zero-order valence-electron chi connectivity index (χ0n) is 12.4. The van der Waals surface area contributed by atoms with Gasteiger partial charge in [0.1, 0.15) is 0 Å². The van der Waals surface area contributed by atoms with Crippen molar-refractivity contribution in [2.75, 3.05) is 19.7 Å². The summed E-state index contributed by atoms with van der Waals surface area (Å²) >= 11 is 0. The third-order valence-electron chi connectivity index (χ3n) is 4.26. The second-order valence-corrected chi connectivity index (χ2v) is 5.82. The summed E-state index contributed by atoms with van der Waals surface area (Å²) in [5.41, 5.74) is 0. The number of hydrogen-bond acceptors (Lipinski definition) is 3. The molecule has 1 saturated carbocycles. The Kier molecular flexibility index (Phi) is 5.68. The number of ether oxygens (including phenoxy) is 1. The van der Waals surface area contributed by atoms with E-state index >= 15 is 0 Å². The predicted molar refractivity (Wildman–Crippen MR) is 76.3 cm³/mol. The average molecular weight is 282 g/mol. The van der Waals surface area contributed by atoms with Crippen molar-refractivity contribution in [3.05, 3.63) is 0 Å². The van der Waals surface area contributed by atoms with Gasteiger partial charge in [-0.2, -0.15) is 0 Å². The van der Waals surface area contributed by atoms with Gasteiger partial charge < -0.3 is 15.0 Å². The lowest BCUT2D eigenvalue weighted by molar-refractivity contribution is -0.149. The lowest BCUT2D eigenvalue weighted by Crippen LogP contribution is -2.50. The number of amides is 2. The lowest BCUT2D eigenvalue weighted by atomic mass is 9.95. The van der Waals surface area contributed by atoms with Gasteiger partial charge in [-0.1, -0.05) is 19.3 Å². The van der Waals surface area contributed by atoms with Crippen LogP contribution >= 0.6 is 0 Å². The maximum Gasteiger partial charge on any atom is 0.317 e. The molecule has 0 aromatic carbocycles. The van der Waals surface area contributed by atoms with Crippen molar-refractivity contribution < 1.29 is 14.3 Å². The summed E-state index contributed by atoms with van der Waals surface area (Å²) in [4.78, 5) is 25.8. The standard InChI is InChI=1S/C15H26N2O3/c1-2-20-14(18)12-7-6-10-17(11-12)15(19)16-13-8-4-3-5-9-13/h12-13H,2-11H2,1H3,(H,16,19)/t12-/m1/s1. The van der Waals surface area contributed by atoms with Gasteiger partial charge in [0, 0.05) is 19.1 Å². The molecule has 114 valence electrons. The molecule has 2 aliphatic rings. The molecule has 2 amide bonds. The molecule has 0 aromatic heterocycles. The third-order valence-corrected chi connectivity index (χ3v) is 4.26. The monoisotopic (exact) mass is 282 g/mol. The van der Waals surface area contributed by atoms with Crippen molar-refractivity contribution in [3.8, 4) is 0 Å². The molecule has 1 aliphatic carbocycles. The second-order valence-electron chi connectivity index (χ2n) is 5.82. The third kappa shape index (κ3) is 4.12. The predicted octanol–water partition coefficient (Wildman–Crippen LogP) is 2.30. The van der Waals surface area contributed by atoms with Crippen molar-refractivity contribution >= 4 is 12.0 Å². The van der Waals surface area contributed by atoms with Gasteiger partial charge in [-0.15, -0.1) is 0 Å². The summed E-state index contributed by atoms with van der Waals surface area (Å²) < 4.78 is 5.06. The Morgan fingerprint density at radius 3 is 2.60 bits per heavy atom. The van der Waals surface area contributed by atoms with Crippen LogP contribution in [0.4, 0.5) is 4.79 Å². The normalized spacial score (nSPS) is 24.2. The van der Waals surface area contributed by atoms with Crippen molar-refractivity contribution in [1.29, 1.82) is 0 Å². The number of rotatable bonds is 3. The van der Waals surface area contributed by atoms with Crippen molar-refractivity contribution in [1.82, 2.24) is 10.2 Å². The fourth-order valence-corrected chi connectivity index (χ4v) is 3.13. The molecule has 5 heteroatoms. The van der Waals surface area contributed by atoms with Gasteiger partial charge in [0.05, 0.1) is 12.5 Å². The van der Waals surface area contributed by atoms with E-state index in [-0.39, 0.29) is 17.9 Å². The van der Waals surface area contributed by atoms with Crippen LogP contribution in [0.2, 0.25) is 0 Å². The summed E-state index contributed by atoms with van der Waals surface area (Å²) in [6.45, 7) is 3.46. The van der Waals surface area contributed by atoms with Crippen LogP contribution in [-0.2, 0) is 9.53 Å². The first-order valence-corrected chi connectivity index (χ1v) is 7.92. The van der Waals surface area contributed by atoms with Crippen LogP contribution in [0.15, 0.2) is 0 Å². The van der Waals surface area contributed by atoms with Gasteiger partial charge in [-0.3, -0.25) is 4.79 Å². The molecule has 1 N–H and O–H groups in total. The van der Waals surface area contributed by atoms with Crippen molar-refractivity contribution in [3.63, 3.8) is 0 Å². The van der Waals surface area contributed by atoms with E-state index in [1.807, 2.05) is 6.92 Å². The highest BCUT2D eigenvalue weighted by atomic mass is 16.5. The van der Waals surface area contributed by atoms with E-state index in [0.29, 0.717) is 19.2 Å². The van der Waals surface area contributed by atoms with Gasteiger partial charge in [0.2, 0.25) is 0 Å². The quantitative estimate of drug-likeness (QED) is 0.808. The number of piperidine rings is 1. The fourth-order valence-electron chi connectivity index (χ4n) is 3.13. The molecule has 2 rings (SSSR count). The number of nitrogens with zero attached hydrogens (tertiary/aromatic N) is 1. The molecular weight excluding hydrogens is 256 g/mol. The van der Waals surface area contributed by atoms with Crippen LogP contribution < -0.4 is 5.32 Å². The minimum atomic E-state index is -0.164. The Morgan fingerprint density at radius 1 is 1.15 bits per heavy atom. The molecule has 0 radical (unpaired) electrons. The maximum atomic E-state index is 12.3. The first-order chi connectivity index (χ1) is 9.70. The molecule has 20 heavy (non-hydrogen) atoms. The molecule has 2 fully saturated rings.